The quantitative estimate of drug-likeness (QED) is 0.844. The Hall–Kier alpha value is -0.780. The van der Waals surface area contributed by atoms with E-state index in [0.29, 0.717) is 16.3 Å². The van der Waals surface area contributed by atoms with Crippen LogP contribution >= 0.6 is 15.9 Å². The van der Waals surface area contributed by atoms with Crippen molar-refractivity contribution in [3.05, 3.63) is 22.2 Å². The van der Waals surface area contributed by atoms with Crippen LogP contribution in [0.3, 0.4) is 0 Å². The van der Waals surface area contributed by atoms with Crippen molar-refractivity contribution >= 4 is 15.9 Å². The zero-order valence-corrected chi connectivity index (χ0v) is 12.9. The molecule has 4 nitrogen and oxygen atoms in total. The molecule has 102 valence electrons. The minimum absolute atomic E-state index is 0.141. The van der Waals surface area contributed by atoms with Crippen molar-refractivity contribution in [3.63, 3.8) is 0 Å². The highest BCUT2D eigenvalue weighted by molar-refractivity contribution is 9.10. The second kappa shape index (κ2) is 6.97. The Morgan fingerprint density at radius 1 is 1.44 bits per heavy atom. The van der Waals surface area contributed by atoms with Crippen LogP contribution in [-0.4, -0.2) is 43.8 Å². The maximum Gasteiger partial charge on any atom is 0.172 e. The van der Waals surface area contributed by atoms with E-state index in [0.717, 1.165) is 18.7 Å². The average molecular weight is 317 g/mol. The molecule has 1 aromatic carbocycles. The second-order valence-corrected chi connectivity index (χ2v) is 5.53. The smallest absolute Gasteiger partial charge is 0.172 e. The van der Waals surface area contributed by atoms with Gasteiger partial charge in [0.15, 0.2) is 11.5 Å². The van der Waals surface area contributed by atoms with Gasteiger partial charge in [-0.2, -0.15) is 0 Å². The molecule has 2 N–H and O–H groups in total. The highest BCUT2D eigenvalue weighted by Crippen LogP contribution is 2.35. The molecule has 1 atom stereocenters. The number of phenolic OH excluding ortho intramolecular Hbond substituents is 1. The van der Waals surface area contributed by atoms with Crippen molar-refractivity contribution < 1.29 is 9.84 Å². The van der Waals surface area contributed by atoms with E-state index in [1.54, 1.807) is 7.11 Å². The number of halogens is 1. The van der Waals surface area contributed by atoms with Crippen LogP contribution in [0.25, 0.3) is 0 Å². The lowest BCUT2D eigenvalue weighted by molar-refractivity contribution is 0.348. The van der Waals surface area contributed by atoms with Gasteiger partial charge in [0.2, 0.25) is 0 Å². The molecule has 0 aliphatic heterocycles. The fraction of sp³-hybridized carbons (Fsp3) is 0.538. The Morgan fingerprint density at radius 2 is 2.11 bits per heavy atom. The van der Waals surface area contributed by atoms with E-state index in [1.807, 2.05) is 12.1 Å². The zero-order chi connectivity index (χ0) is 13.7. The Morgan fingerprint density at radius 3 is 2.67 bits per heavy atom. The predicted octanol–water partition coefficient (Wildman–Crippen LogP) is 2.20. The zero-order valence-electron chi connectivity index (χ0n) is 11.3. The third-order valence-electron chi connectivity index (χ3n) is 2.60. The van der Waals surface area contributed by atoms with Crippen LogP contribution < -0.4 is 10.1 Å². The summed E-state index contributed by atoms with van der Waals surface area (Å²) in [7, 11) is 5.66. The van der Waals surface area contributed by atoms with E-state index < -0.39 is 0 Å². The first-order valence-electron chi connectivity index (χ1n) is 5.87. The Kier molecular flexibility index (Phi) is 5.91. The molecule has 0 radical (unpaired) electrons. The summed E-state index contributed by atoms with van der Waals surface area (Å²) in [6, 6.07) is 4.14. The number of rotatable bonds is 6. The summed E-state index contributed by atoms with van der Waals surface area (Å²) < 4.78 is 5.77. The molecule has 18 heavy (non-hydrogen) atoms. The number of ether oxygens (including phenoxy) is 1. The fourth-order valence-corrected chi connectivity index (χ4v) is 2.28. The number of hydrogen-bond donors (Lipinski definition) is 2. The normalized spacial score (nSPS) is 12.8. The molecule has 0 heterocycles. The van der Waals surface area contributed by atoms with Gasteiger partial charge in [0.25, 0.3) is 0 Å². The number of likely N-dealkylation sites (N-methyl/N-ethyl adjacent to an activating group) is 1. The first kappa shape index (κ1) is 15.3. The van der Waals surface area contributed by atoms with Crippen molar-refractivity contribution in [1.82, 2.24) is 10.2 Å². The van der Waals surface area contributed by atoms with Crippen molar-refractivity contribution in [2.45, 2.75) is 19.5 Å². The maximum atomic E-state index is 9.72. The van der Waals surface area contributed by atoms with Gasteiger partial charge in [-0.1, -0.05) is 0 Å². The van der Waals surface area contributed by atoms with E-state index in [-0.39, 0.29) is 5.75 Å². The van der Waals surface area contributed by atoms with Gasteiger partial charge >= 0.3 is 0 Å². The van der Waals surface area contributed by atoms with E-state index >= 15 is 0 Å². The molecule has 1 unspecified atom stereocenters. The summed E-state index contributed by atoms with van der Waals surface area (Å²) in [4.78, 5) is 2.14. The standard InChI is InChI=1S/C13H21BrN2O2/c1-9(8-16(2)3)15-7-10-5-11(14)13(17)12(6-10)18-4/h5-6,9,15,17H,7-8H2,1-4H3. The molecule has 0 aromatic heterocycles. The topological polar surface area (TPSA) is 44.7 Å². The molecule has 0 fully saturated rings. The molecule has 0 aliphatic rings. The lowest BCUT2D eigenvalue weighted by Crippen LogP contribution is -2.35. The molecule has 1 aromatic rings. The van der Waals surface area contributed by atoms with Crippen molar-refractivity contribution in [3.8, 4) is 11.5 Å². The van der Waals surface area contributed by atoms with E-state index in [9.17, 15) is 5.11 Å². The number of benzene rings is 1. The summed E-state index contributed by atoms with van der Waals surface area (Å²) in [6.07, 6.45) is 0. The Balaban J connectivity index is 2.65. The summed E-state index contributed by atoms with van der Waals surface area (Å²) in [5.74, 6) is 0.629. The summed E-state index contributed by atoms with van der Waals surface area (Å²) in [5, 5.41) is 13.1. The van der Waals surface area contributed by atoms with Crippen LogP contribution in [0, 0.1) is 0 Å². The number of hydrogen-bond acceptors (Lipinski definition) is 4. The van der Waals surface area contributed by atoms with E-state index in [1.165, 1.54) is 0 Å². The highest BCUT2D eigenvalue weighted by Gasteiger charge is 2.09. The summed E-state index contributed by atoms with van der Waals surface area (Å²) in [5.41, 5.74) is 1.07. The van der Waals surface area contributed by atoms with Gasteiger partial charge in [-0.05, 0) is 54.6 Å². The van der Waals surface area contributed by atoms with Gasteiger partial charge < -0.3 is 20.1 Å². The largest absolute Gasteiger partial charge is 0.503 e. The third-order valence-corrected chi connectivity index (χ3v) is 3.21. The first-order chi connectivity index (χ1) is 8.43. The molecule has 0 amide bonds. The SMILES string of the molecule is COc1cc(CNC(C)CN(C)C)cc(Br)c1O. The van der Waals surface area contributed by atoms with Crippen LogP contribution in [-0.2, 0) is 6.54 Å². The molecular weight excluding hydrogens is 296 g/mol. The molecule has 0 spiro atoms. The van der Waals surface area contributed by atoms with Gasteiger partial charge in [-0.3, -0.25) is 0 Å². The molecule has 0 aliphatic carbocycles. The van der Waals surface area contributed by atoms with Crippen LogP contribution in [0.15, 0.2) is 16.6 Å². The van der Waals surface area contributed by atoms with Gasteiger partial charge in [-0.15, -0.1) is 0 Å². The van der Waals surface area contributed by atoms with E-state index in [4.69, 9.17) is 4.74 Å². The number of phenols is 1. The molecule has 5 heteroatoms. The fourth-order valence-electron chi connectivity index (χ4n) is 1.79. The van der Waals surface area contributed by atoms with Gasteiger partial charge in [0.05, 0.1) is 11.6 Å². The van der Waals surface area contributed by atoms with Crippen molar-refractivity contribution in [2.75, 3.05) is 27.7 Å². The first-order valence-corrected chi connectivity index (χ1v) is 6.66. The van der Waals surface area contributed by atoms with Crippen LogP contribution in [0.4, 0.5) is 0 Å². The number of nitrogens with zero attached hydrogens (tertiary/aromatic N) is 1. The van der Waals surface area contributed by atoms with Crippen LogP contribution in [0.2, 0.25) is 0 Å². The number of nitrogens with one attached hydrogen (secondary N) is 1. The minimum Gasteiger partial charge on any atom is -0.503 e. The summed E-state index contributed by atoms with van der Waals surface area (Å²) in [6.45, 7) is 3.87. The molecular formula is C13H21BrN2O2. The predicted molar refractivity (Wildman–Crippen MR) is 77.2 cm³/mol. The van der Waals surface area contributed by atoms with Crippen LogP contribution in [0.5, 0.6) is 11.5 Å². The number of aromatic hydroxyl groups is 1. The van der Waals surface area contributed by atoms with Gasteiger partial charge in [0, 0.05) is 19.1 Å². The molecule has 1 rings (SSSR count). The monoisotopic (exact) mass is 316 g/mol. The van der Waals surface area contributed by atoms with Gasteiger partial charge in [-0.25, -0.2) is 0 Å². The van der Waals surface area contributed by atoms with Crippen molar-refractivity contribution in [2.24, 2.45) is 0 Å². The molecule has 0 saturated heterocycles. The Labute approximate surface area is 117 Å². The third kappa shape index (κ3) is 4.48. The highest BCUT2D eigenvalue weighted by atomic mass is 79.9. The molecule has 0 bridgehead atoms. The molecule has 0 saturated carbocycles. The second-order valence-electron chi connectivity index (χ2n) is 4.67. The summed E-state index contributed by atoms with van der Waals surface area (Å²) >= 11 is 3.32. The average Bonchev–Trinajstić information content (AvgIpc) is 2.29. The lowest BCUT2D eigenvalue weighted by Gasteiger charge is -2.18. The Bertz CT molecular complexity index is 397. The van der Waals surface area contributed by atoms with Crippen molar-refractivity contribution in [1.29, 1.82) is 0 Å². The van der Waals surface area contributed by atoms with E-state index in [2.05, 4.69) is 47.2 Å². The van der Waals surface area contributed by atoms with Crippen LogP contribution in [0.1, 0.15) is 12.5 Å². The van der Waals surface area contributed by atoms with Gasteiger partial charge in [0.1, 0.15) is 0 Å². The lowest BCUT2D eigenvalue weighted by atomic mass is 10.2. The maximum absolute atomic E-state index is 9.72. The minimum atomic E-state index is 0.141. The number of methoxy groups -OCH3 is 1.